The van der Waals surface area contributed by atoms with Crippen molar-refractivity contribution in [2.75, 3.05) is 35.7 Å². The molecular formula is C12H17N7O8S3. The highest BCUT2D eigenvalue weighted by molar-refractivity contribution is 7.94. The predicted molar refractivity (Wildman–Crippen MR) is 106 cm³/mol. The van der Waals surface area contributed by atoms with Crippen LogP contribution in [0.2, 0.25) is 0 Å². The Labute approximate surface area is 175 Å². The van der Waals surface area contributed by atoms with Crippen LogP contribution in [0.25, 0.3) is 0 Å². The van der Waals surface area contributed by atoms with Crippen LogP contribution in [0.15, 0.2) is 28.0 Å². The van der Waals surface area contributed by atoms with E-state index in [0.29, 0.717) is 12.0 Å². The highest BCUT2D eigenvalue weighted by atomic mass is 32.2. The van der Waals surface area contributed by atoms with Gasteiger partial charge in [-0.2, -0.15) is 23.4 Å². The highest BCUT2D eigenvalue weighted by Crippen LogP contribution is 2.32. The van der Waals surface area contributed by atoms with Crippen molar-refractivity contribution in [2.24, 2.45) is 0 Å². The van der Waals surface area contributed by atoms with Crippen molar-refractivity contribution in [3.63, 3.8) is 0 Å². The number of nitrogens with two attached hydrogens (primary N) is 1. The minimum absolute atomic E-state index is 0.0346. The summed E-state index contributed by atoms with van der Waals surface area (Å²) in [5.74, 6) is -0.665. The van der Waals surface area contributed by atoms with E-state index < -0.39 is 25.0 Å². The van der Waals surface area contributed by atoms with Crippen LogP contribution in [-0.2, 0) is 29.5 Å². The van der Waals surface area contributed by atoms with E-state index in [1.165, 1.54) is 13.1 Å². The zero-order valence-corrected chi connectivity index (χ0v) is 17.6. The molecule has 2 aromatic rings. The van der Waals surface area contributed by atoms with Gasteiger partial charge in [-0.05, 0) is 25.2 Å². The van der Waals surface area contributed by atoms with Gasteiger partial charge in [-0.1, -0.05) is 5.04 Å². The third kappa shape index (κ3) is 7.18. The Morgan fingerprint density at radius 3 is 2.50 bits per heavy atom. The van der Waals surface area contributed by atoms with Gasteiger partial charge in [0.25, 0.3) is 10.1 Å². The number of sulfonamides is 1. The zero-order valence-electron chi connectivity index (χ0n) is 15.1. The predicted octanol–water partition coefficient (Wildman–Crippen LogP) is -0.166. The number of nitrogens with zero attached hydrogens (tertiary/aromatic N) is 3. The SMILES string of the molecule is CNS(=O)(=O)CCNc1nc(N)nc(Nc2cc(S(=O)(=O)O)ccc2SOOO)n1. The minimum atomic E-state index is -4.52. The molecule has 166 valence electrons. The molecule has 0 spiro atoms. The van der Waals surface area contributed by atoms with Crippen LogP contribution in [0.5, 0.6) is 0 Å². The number of anilines is 4. The molecule has 15 nitrogen and oxygen atoms in total. The number of benzene rings is 1. The molecule has 0 aliphatic heterocycles. The molecule has 30 heavy (non-hydrogen) atoms. The summed E-state index contributed by atoms with van der Waals surface area (Å²) < 4.78 is 61.4. The fraction of sp³-hybridized carbons (Fsp3) is 0.250. The second-order valence-electron chi connectivity index (χ2n) is 5.27. The Morgan fingerprint density at radius 1 is 1.17 bits per heavy atom. The van der Waals surface area contributed by atoms with Gasteiger partial charge in [-0.25, -0.2) is 18.4 Å². The molecule has 0 atom stereocenters. The van der Waals surface area contributed by atoms with Crippen molar-refractivity contribution in [1.29, 1.82) is 0 Å². The van der Waals surface area contributed by atoms with Crippen molar-refractivity contribution in [2.45, 2.75) is 9.79 Å². The first kappa shape index (κ1) is 24.0. The topological polar surface area (TPSA) is 228 Å². The van der Waals surface area contributed by atoms with Crippen LogP contribution in [-0.4, -0.2) is 60.9 Å². The first-order valence-electron chi connectivity index (χ1n) is 7.74. The summed E-state index contributed by atoms with van der Waals surface area (Å²) in [7, 11) is -6.70. The number of rotatable bonds is 11. The van der Waals surface area contributed by atoms with Gasteiger partial charge in [-0.3, -0.25) is 4.55 Å². The van der Waals surface area contributed by atoms with Gasteiger partial charge in [-0.15, -0.1) is 4.33 Å². The molecule has 1 aromatic carbocycles. The maximum absolute atomic E-state index is 11.4. The Morgan fingerprint density at radius 2 is 1.87 bits per heavy atom. The molecule has 0 amide bonds. The lowest BCUT2D eigenvalue weighted by Crippen LogP contribution is -2.26. The fourth-order valence-corrected chi connectivity index (χ4v) is 3.45. The summed E-state index contributed by atoms with van der Waals surface area (Å²) in [5, 5.41) is 17.2. The van der Waals surface area contributed by atoms with Crippen molar-refractivity contribution < 1.29 is 36.0 Å². The average Bonchev–Trinajstić information content (AvgIpc) is 2.65. The Bertz CT molecular complexity index is 1100. The number of aromatic nitrogens is 3. The lowest BCUT2D eigenvalue weighted by molar-refractivity contribution is -0.432. The van der Waals surface area contributed by atoms with Gasteiger partial charge in [0, 0.05) is 6.54 Å². The van der Waals surface area contributed by atoms with E-state index in [-0.39, 0.29) is 40.7 Å². The normalized spacial score (nSPS) is 12.0. The van der Waals surface area contributed by atoms with Crippen LogP contribution >= 0.6 is 12.0 Å². The van der Waals surface area contributed by atoms with Gasteiger partial charge in [0.1, 0.15) is 0 Å². The van der Waals surface area contributed by atoms with E-state index in [1.807, 2.05) is 0 Å². The third-order valence-corrected chi connectivity index (χ3v) is 6.14. The van der Waals surface area contributed by atoms with E-state index in [4.69, 9.17) is 11.0 Å². The van der Waals surface area contributed by atoms with Gasteiger partial charge in [0.15, 0.2) is 0 Å². The van der Waals surface area contributed by atoms with E-state index in [0.717, 1.165) is 12.1 Å². The lowest BCUT2D eigenvalue weighted by Gasteiger charge is -2.12. The number of hydrogen-bond donors (Lipinski definition) is 6. The smallest absolute Gasteiger partial charge is 0.294 e. The summed E-state index contributed by atoms with van der Waals surface area (Å²) in [6.45, 7) is -0.0346. The molecule has 0 bridgehead atoms. The summed E-state index contributed by atoms with van der Waals surface area (Å²) in [5.41, 5.74) is 5.67. The molecule has 0 aliphatic carbocycles. The van der Waals surface area contributed by atoms with E-state index >= 15 is 0 Å². The van der Waals surface area contributed by atoms with Crippen molar-refractivity contribution >= 4 is 55.7 Å². The molecule has 2 rings (SSSR count). The fourth-order valence-electron chi connectivity index (χ4n) is 1.94. The minimum Gasteiger partial charge on any atom is -0.368 e. The van der Waals surface area contributed by atoms with Crippen LogP contribution in [0.1, 0.15) is 0 Å². The highest BCUT2D eigenvalue weighted by Gasteiger charge is 2.16. The molecule has 0 saturated carbocycles. The molecule has 0 fully saturated rings. The molecule has 0 saturated heterocycles. The van der Waals surface area contributed by atoms with Crippen LogP contribution in [0, 0.1) is 0 Å². The number of hydrogen-bond acceptors (Lipinski definition) is 14. The first-order valence-corrected chi connectivity index (χ1v) is 11.6. The van der Waals surface area contributed by atoms with Gasteiger partial charge in [0.05, 0.1) is 33.3 Å². The summed E-state index contributed by atoms with van der Waals surface area (Å²) in [4.78, 5) is 11.4. The molecular weight excluding hydrogens is 466 g/mol. The standard InChI is InChI=1S/C12H17N7O8S3/c1-14-29(21,22)5-4-15-11-17-10(13)18-12(19-11)16-8-6-7(30(23,24)25)2-3-9(8)28-27-26-20/h2-3,6,14,20H,4-5H2,1H3,(H,23,24,25)(H4,13,15,16,17,18,19). The van der Waals surface area contributed by atoms with Crippen LogP contribution < -0.4 is 21.1 Å². The average molecular weight is 484 g/mol. The molecule has 0 unspecified atom stereocenters. The maximum Gasteiger partial charge on any atom is 0.294 e. The number of nitrogens with one attached hydrogen (secondary N) is 3. The zero-order chi connectivity index (χ0) is 22.4. The van der Waals surface area contributed by atoms with Gasteiger partial charge < -0.3 is 16.4 Å². The molecule has 0 radical (unpaired) electrons. The molecule has 7 N–H and O–H groups in total. The van der Waals surface area contributed by atoms with E-state index in [9.17, 15) is 21.4 Å². The summed E-state index contributed by atoms with van der Waals surface area (Å²) >= 11 is 0.510. The van der Waals surface area contributed by atoms with Crippen LogP contribution in [0.3, 0.4) is 0 Å². The Balaban J connectivity index is 2.28. The quantitative estimate of drug-likeness (QED) is 0.105. The van der Waals surface area contributed by atoms with E-state index in [1.54, 1.807) is 0 Å². The molecule has 0 aliphatic rings. The molecule has 1 aromatic heterocycles. The maximum atomic E-state index is 11.4. The van der Waals surface area contributed by atoms with Crippen molar-refractivity contribution in [3.8, 4) is 0 Å². The van der Waals surface area contributed by atoms with Gasteiger partial charge in [0.2, 0.25) is 27.9 Å². The van der Waals surface area contributed by atoms with E-state index in [2.05, 4.69) is 39.7 Å². The van der Waals surface area contributed by atoms with Crippen molar-refractivity contribution in [1.82, 2.24) is 19.7 Å². The lowest BCUT2D eigenvalue weighted by atomic mass is 10.3. The third-order valence-electron chi connectivity index (χ3n) is 3.27. The first-order chi connectivity index (χ1) is 14.0. The molecule has 18 heteroatoms. The van der Waals surface area contributed by atoms with Crippen molar-refractivity contribution in [3.05, 3.63) is 18.2 Å². The second kappa shape index (κ2) is 10.1. The van der Waals surface area contributed by atoms with Gasteiger partial charge >= 0.3 is 0 Å². The Kier molecular flexibility index (Phi) is 8.09. The summed E-state index contributed by atoms with van der Waals surface area (Å²) in [6.07, 6.45) is 0. The molecule has 1 heterocycles. The second-order valence-corrected chi connectivity index (χ2v) is 9.48. The monoisotopic (exact) mass is 483 g/mol. The number of nitrogen functional groups attached to an aromatic ring is 1. The van der Waals surface area contributed by atoms with Crippen LogP contribution in [0.4, 0.5) is 23.5 Å². The summed E-state index contributed by atoms with van der Waals surface area (Å²) in [6, 6.07) is 3.38. The Hall–Kier alpha value is -2.32. The largest absolute Gasteiger partial charge is 0.368 e.